The third-order valence-corrected chi connectivity index (χ3v) is 13.9. The summed E-state index contributed by atoms with van der Waals surface area (Å²) >= 11 is 0. The molecule has 14 saturated carbocycles. The first-order chi connectivity index (χ1) is 13.8. The predicted molar refractivity (Wildman–Crippen MR) is 115 cm³/mol. The van der Waals surface area contributed by atoms with Crippen LogP contribution in [0.4, 0.5) is 0 Å². The Bertz CT molecular complexity index is 476. The molecule has 0 saturated heterocycles. The molecular formula is C28H42O. The Morgan fingerprint density at radius 3 is 0.414 bits per heavy atom. The zero-order valence-corrected chi connectivity index (χ0v) is 18.2. The first-order valence-corrected chi connectivity index (χ1v) is 13.8. The van der Waals surface area contributed by atoms with Crippen LogP contribution >= 0.6 is 0 Å². The van der Waals surface area contributed by atoms with Crippen molar-refractivity contribution in [3.05, 3.63) is 0 Å². The lowest BCUT2D eigenvalue weighted by molar-refractivity contribution is -0.202. The molecule has 160 valence electrons. The molecule has 2 N–H and O–H groups in total. The van der Waals surface area contributed by atoms with E-state index in [0.717, 1.165) is 0 Å². The van der Waals surface area contributed by atoms with Gasteiger partial charge in [0.15, 0.2) is 0 Å². The summed E-state index contributed by atoms with van der Waals surface area (Å²) in [5.41, 5.74) is 0. The summed E-state index contributed by atoms with van der Waals surface area (Å²) in [6, 6.07) is 0. The van der Waals surface area contributed by atoms with E-state index in [9.17, 15) is 0 Å². The lowest BCUT2D eigenvalue weighted by Crippen LogP contribution is -2.62. The van der Waals surface area contributed by atoms with Crippen LogP contribution in [0.2, 0.25) is 0 Å². The van der Waals surface area contributed by atoms with E-state index in [4.69, 9.17) is 0 Å². The first kappa shape index (κ1) is 17.5. The molecule has 0 unspecified atom stereocenters. The van der Waals surface area contributed by atoms with Crippen molar-refractivity contribution < 1.29 is 5.48 Å². The largest absolute Gasteiger partial charge is 0.412 e. The molecule has 16 bridgehead atoms. The maximum atomic E-state index is 1.65. The highest BCUT2D eigenvalue weighted by Gasteiger charge is 2.64. The van der Waals surface area contributed by atoms with E-state index in [-0.39, 0.29) is 5.48 Å². The van der Waals surface area contributed by atoms with Gasteiger partial charge in [-0.15, -0.1) is 0 Å². The van der Waals surface area contributed by atoms with Crippen LogP contribution in [-0.4, -0.2) is 5.48 Å². The Hall–Kier alpha value is -0.0400. The van der Waals surface area contributed by atoms with Crippen molar-refractivity contribution in [2.24, 2.45) is 94.7 Å². The minimum Gasteiger partial charge on any atom is -0.412 e. The summed E-state index contributed by atoms with van der Waals surface area (Å²) in [7, 11) is 0. The molecule has 14 aliphatic carbocycles. The molecule has 0 amide bonds. The van der Waals surface area contributed by atoms with E-state index in [1.807, 2.05) is 0 Å². The number of hydrogen-bond acceptors (Lipinski definition) is 0. The molecule has 0 atom stereocenters. The highest BCUT2D eigenvalue weighted by molar-refractivity contribution is 5.13. The second kappa shape index (κ2) is 5.65. The molecule has 0 aromatic rings. The minimum absolute atomic E-state index is 0. The van der Waals surface area contributed by atoms with Gasteiger partial charge < -0.3 is 5.48 Å². The number of rotatable bonds is 0. The summed E-state index contributed by atoms with van der Waals surface area (Å²) in [4.78, 5) is 0. The van der Waals surface area contributed by atoms with Crippen LogP contribution in [0.25, 0.3) is 0 Å². The van der Waals surface area contributed by atoms with Crippen LogP contribution in [-0.2, 0) is 0 Å². The van der Waals surface area contributed by atoms with Crippen LogP contribution in [0.1, 0.15) is 77.0 Å². The van der Waals surface area contributed by atoms with Crippen LogP contribution in [0.15, 0.2) is 0 Å². The molecule has 14 fully saturated rings. The highest BCUT2D eigenvalue weighted by atomic mass is 16.0. The quantitative estimate of drug-likeness (QED) is 0.495. The van der Waals surface area contributed by atoms with Crippen LogP contribution in [0, 0.1) is 94.7 Å². The van der Waals surface area contributed by atoms with Crippen molar-refractivity contribution in [2.45, 2.75) is 77.0 Å². The van der Waals surface area contributed by atoms with Crippen molar-refractivity contribution in [2.75, 3.05) is 0 Å². The van der Waals surface area contributed by atoms with Crippen molar-refractivity contribution in [1.82, 2.24) is 0 Å². The van der Waals surface area contributed by atoms with Crippen molar-refractivity contribution >= 4 is 0 Å². The Kier molecular flexibility index (Phi) is 3.41. The molecule has 0 aliphatic heterocycles. The molecule has 1 heteroatoms. The van der Waals surface area contributed by atoms with Gasteiger partial charge in [-0.25, -0.2) is 0 Å². The molecule has 0 aromatic carbocycles. The van der Waals surface area contributed by atoms with Gasteiger partial charge in [0, 0.05) is 0 Å². The molecule has 0 spiro atoms. The van der Waals surface area contributed by atoms with Gasteiger partial charge in [0.2, 0.25) is 0 Å². The Morgan fingerprint density at radius 1 is 0.207 bits per heavy atom. The monoisotopic (exact) mass is 394 g/mol. The standard InChI is InChI=1S/2C14H20.H2O/c2*1-7-2-12-10-4-8-5-11(9(1)10)13(3-7)14(12)6-8;/h2*7-14H,1-6H2;1H2. The lowest BCUT2D eigenvalue weighted by Gasteiger charge is -2.69. The van der Waals surface area contributed by atoms with Gasteiger partial charge in [-0.05, 0) is 172 Å². The summed E-state index contributed by atoms with van der Waals surface area (Å²) < 4.78 is 0. The van der Waals surface area contributed by atoms with Crippen molar-refractivity contribution in [3.8, 4) is 0 Å². The smallest absolute Gasteiger partial charge is 0.0349 e. The fourth-order valence-corrected chi connectivity index (χ4v) is 13.8. The second-order valence-electron chi connectivity index (χ2n) is 14.3. The summed E-state index contributed by atoms with van der Waals surface area (Å²) in [6.07, 6.45) is 19.9. The van der Waals surface area contributed by atoms with E-state index in [0.29, 0.717) is 0 Å². The first-order valence-electron chi connectivity index (χ1n) is 13.8. The fraction of sp³-hybridized carbons (Fsp3) is 1.00. The lowest BCUT2D eigenvalue weighted by atomic mass is 9.36. The average molecular weight is 395 g/mol. The van der Waals surface area contributed by atoms with Gasteiger partial charge in [-0.1, -0.05) is 0 Å². The zero-order valence-electron chi connectivity index (χ0n) is 18.2. The summed E-state index contributed by atoms with van der Waals surface area (Å²) in [5, 5.41) is 0. The zero-order chi connectivity index (χ0) is 17.7. The predicted octanol–water partition coefficient (Wildman–Crippen LogP) is 5.82. The van der Waals surface area contributed by atoms with E-state index >= 15 is 0 Å². The molecule has 14 aliphatic rings. The Balaban J connectivity index is 0.0000000960. The van der Waals surface area contributed by atoms with Gasteiger partial charge in [0.1, 0.15) is 0 Å². The van der Waals surface area contributed by atoms with E-state index < -0.39 is 0 Å². The molecular weight excluding hydrogens is 352 g/mol. The maximum absolute atomic E-state index is 1.65. The fourth-order valence-electron chi connectivity index (χ4n) is 13.8. The normalized spacial score (nSPS) is 69.5. The van der Waals surface area contributed by atoms with Crippen LogP contribution < -0.4 is 0 Å². The topological polar surface area (TPSA) is 31.5 Å². The second-order valence-corrected chi connectivity index (χ2v) is 14.3. The third kappa shape index (κ3) is 2.05. The number of hydrogen-bond donors (Lipinski definition) is 0. The third-order valence-electron chi connectivity index (χ3n) is 13.9. The summed E-state index contributed by atoms with van der Waals surface area (Å²) in [6.45, 7) is 0. The Labute approximate surface area is 177 Å². The molecule has 1 nitrogen and oxygen atoms in total. The van der Waals surface area contributed by atoms with Gasteiger partial charge in [-0.3, -0.25) is 0 Å². The van der Waals surface area contributed by atoms with Gasteiger partial charge >= 0.3 is 0 Å². The maximum Gasteiger partial charge on any atom is -0.0349 e. The van der Waals surface area contributed by atoms with Gasteiger partial charge in [0.05, 0.1) is 0 Å². The van der Waals surface area contributed by atoms with Gasteiger partial charge in [-0.2, -0.15) is 0 Å². The molecule has 0 aromatic heterocycles. The van der Waals surface area contributed by atoms with Gasteiger partial charge in [0.25, 0.3) is 0 Å². The average Bonchev–Trinajstić information content (AvgIpc) is 2.75. The van der Waals surface area contributed by atoms with Crippen molar-refractivity contribution in [1.29, 1.82) is 0 Å². The van der Waals surface area contributed by atoms with Crippen molar-refractivity contribution in [3.63, 3.8) is 0 Å². The molecule has 29 heavy (non-hydrogen) atoms. The highest BCUT2D eigenvalue weighted by Crippen LogP contribution is 2.72. The summed E-state index contributed by atoms with van der Waals surface area (Å²) in [5.74, 6) is 19.5. The van der Waals surface area contributed by atoms with E-state index in [2.05, 4.69) is 0 Å². The molecule has 14 rings (SSSR count). The molecule has 0 radical (unpaired) electrons. The minimum atomic E-state index is 0. The Morgan fingerprint density at radius 2 is 0.310 bits per heavy atom. The van der Waals surface area contributed by atoms with Crippen LogP contribution in [0.3, 0.4) is 0 Å². The SMILES string of the molecule is C1C2CC3C4CC5CC(C14)C(C2)C3C5.C1C2CC3C4CC5CC(C14)C(C2)C3C5.O. The molecule has 0 heterocycles. The van der Waals surface area contributed by atoms with E-state index in [1.165, 1.54) is 94.7 Å². The van der Waals surface area contributed by atoms with Crippen LogP contribution in [0.5, 0.6) is 0 Å². The van der Waals surface area contributed by atoms with E-state index in [1.54, 1.807) is 77.0 Å².